The van der Waals surface area contributed by atoms with E-state index in [1.165, 1.54) is 28.5 Å². The van der Waals surface area contributed by atoms with Gasteiger partial charge in [-0.25, -0.2) is 9.37 Å². The molecule has 2 aromatic carbocycles. The summed E-state index contributed by atoms with van der Waals surface area (Å²) in [6.07, 6.45) is 1.60. The van der Waals surface area contributed by atoms with E-state index < -0.39 is 0 Å². The van der Waals surface area contributed by atoms with E-state index in [4.69, 9.17) is 0 Å². The highest BCUT2D eigenvalue weighted by Crippen LogP contribution is 2.19. The minimum atomic E-state index is -0.337. The van der Waals surface area contributed by atoms with Gasteiger partial charge < -0.3 is 5.32 Å². The average Bonchev–Trinajstić information content (AvgIpc) is 2.68. The molecule has 5 nitrogen and oxygen atoms in total. The Hall–Kier alpha value is -2.93. The number of benzene rings is 2. The quantitative estimate of drug-likeness (QED) is 0.387. The second-order valence-corrected chi connectivity index (χ2v) is 6.75. The van der Waals surface area contributed by atoms with Crippen LogP contribution in [-0.2, 0) is 11.3 Å². The number of thioether (sulfide) groups is 1. The van der Waals surface area contributed by atoms with Gasteiger partial charge >= 0.3 is 0 Å². The molecule has 0 radical (unpaired) electrons. The molecule has 1 N–H and O–H groups in total. The molecule has 1 aromatic heterocycles. The first-order chi connectivity index (χ1) is 13.1. The normalized spacial score (nSPS) is 10.7. The lowest BCUT2D eigenvalue weighted by atomic mass is 10.2. The Balaban J connectivity index is 1.96. The highest BCUT2D eigenvalue weighted by molar-refractivity contribution is 7.99. The van der Waals surface area contributed by atoms with Crippen molar-refractivity contribution in [3.05, 3.63) is 82.9 Å². The molecule has 0 fully saturated rings. The van der Waals surface area contributed by atoms with Crippen LogP contribution in [0.25, 0.3) is 10.9 Å². The lowest BCUT2D eigenvalue weighted by molar-refractivity contribution is -0.118. The minimum absolute atomic E-state index is 0.127. The molecule has 1 heterocycles. The van der Waals surface area contributed by atoms with Crippen LogP contribution in [0.2, 0.25) is 0 Å². The maximum atomic E-state index is 13.2. The molecule has 0 saturated carbocycles. The monoisotopic (exact) mass is 383 g/mol. The molecule has 0 aliphatic carbocycles. The number of halogens is 1. The zero-order chi connectivity index (χ0) is 19.2. The lowest BCUT2D eigenvalue weighted by Crippen LogP contribution is -2.27. The summed E-state index contributed by atoms with van der Waals surface area (Å²) in [5, 5.41) is 3.64. The maximum absolute atomic E-state index is 13.2. The molecule has 0 atom stereocenters. The fourth-order valence-corrected chi connectivity index (χ4v) is 3.37. The highest BCUT2D eigenvalue weighted by atomic mass is 32.2. The first-order valence-corrected chi connectivity index (χ1v) is 9.31. The SMILES string of the molecule is C=CCNC(=O)CSc1nc2ccccc2c(=O)n1Cc1ccc(F)cc1. The Kier molecular flexibility index (Phi) is 6.03. The first-order valence-electron chi connectivity index (χ1n) is 8.33. The van der Waals surface area contributed by atoms with E-state index in [1.54, 1.807) is 36.4 Å². The van der Waals surface area contributed by atoms with Crippen LogP contribution in [0.5, 0.6) is 0 Å². The molecule has 0 spiro atoms. The van der Waals surface area contributed by atoms with Crippen LogP contribution in [0.15, 0.2) is 71.1 Å². The Morgan fingerprint density at radius 2 is 1.96 bits per heavy atom. The molecule has 27 heavy (non-hydrogen) atoms. The third-order valence-corrected chi connectivity index (χ3v) is 4.83. The van der Waals surface area contributed by atoms with Crippen LogP contribution < -0.4 is 10.9 Å². The molecule has 0 aliphatic heterocycles. The lowest BCUT2D eigenvalue weighted by Gasteiger charge is -2.13. The summed E-state index contributed by atoms with van der Waals surface area (Å²) >= 11 is 1.19. The average molecular weight is 383 g/mol. The summed E-state index contributed by atoms with van der Waals surface area (Å²) in [5.41, 5.74) is 1.15. The van der Waals surface area contributed by atoms with Crippen molar-refractivity contribution in [2.45, 2.75) is 11.7 Å². The molecule has 0 unspecified atom stereocenters. The summed E-state index contributed by atoms with van der Waals surface area (Å²) in [6, 6.07) is 13.0. The van der Waals surface area contributed by atoms with Crippen molar-refractivity contribution in [2.75, 3.05) is 12.3 Å². The van der Waals surface area contributed by atoms with Crippen molar-refractivity contribution in [2.24, 2.45) is 0 Å². The number of nitrogens with one attached hydrogen (secondary N) is 1. The molecule has 0 bridgehead atoms. The van der Waals surface area contributed by atoms with Crippen molar-refractivity contribution in [1.82, 2.24) is 14.9 Å². The molecule has 138 valence electrons. The van der Waals surface area contributed by atoms with Crippen LogP contribution in [0.3, 0.4) is 0 Å². The summed E-state index contributed by atoms with van der Waals surface area (Å²) in [4.78, 5) is 29.4. The second kappa shape index (κ2) is 8.64. The van der Waals surface area contributed by atoms with E-state index >= 15 is 0 Å². The smallest absolute Gasteiger partial charge is 0.262 e. The molecular weight excluding hydrogens is 365 g/mol. The van der Waals surface area contributed by atoms with Gasteiger partial charge in [-0.15, -0.1) is 6.58 Å². The number of aromatic nitrogens is 2. The van der Waals surface area contributed by atoms with Crippen LogP contribution in [0, 0.1) is 5.82 Å². The fourth-order valence-electron chi connectivity index (χ4n) is 2.54. The highest BCUT2D eigenvalue weighted by Gasteiger charge is 2.13. The third kappa shape index (κ3) is 4.62. The third-order valence-electron chi connectivity index (χ3n) is 3.86. The van der Waals surface area contributed by atoms with E-state index in [0.29, 0.717) is 22.6 Å². The number of amides is 1. The summed E-state index contributed by atoms with van der Waals surface area (Å²) < 4.78 is 14.7. The van der Waals surface area contributed by atoms with E-state index in [2.05, 4.69) is 16.9 Å². The predicted molar refractivity (Wildman–Crippen MR) is 105 cm³/mol. The molecular formula is C20H18FN3O2S. The van der Waals surface area contributed by atoms with Gasteiger partial charge in [0.2, 0.25) is 5.91 Å². The van der Waals surface area contributed by atoms with Gasteiger partial charge in [0.25, 0.3) is 5.56 Å². The fraction of sp³-hybridized carbons (Fsp3) is 0.150. The van der Waals surface area contributed by atoms with Gasteiger partial charge in [0.1, 0.15) is 5.82 Å². The van der Waals surface area contributed by atoms with E-state index in [1.807, 2.05) is 6.07 Å². The molecule has 0 saturated heterocycles. The van der Waals surface area contributed by atoms with Gasteiger partial charge in [0.05, 0.1) is 23.2 Å². The standard InChI is InChI=1S/C20H18FN3O2S/c1-2-11-22-18(25)13-27-20-23-17-6-4-3-5-16(17)19(26)24(20)12-14-7-9-15(21)10-8-14/h2-10H,1,11-13H2,(H,22,25). The van der Waals surface area contributed by atoms with E-state index in [9.17, 15) is 14.0 Å². The topological polar surface area (TPSA) is 64.0 Å². The number of hydrogen-bond donors (Lipinski definition) is 1. The van der Waals surface area contributed by atoms with Crippen molar-refractivity contribution >= 4 is 28.6 Å². The molecule has 3 aromatic rings. The van der Waals surface area contributed by atoms with Gasteiger partial charge in [-0.1, -0.05) is 42.1 Å². The number of carbonyl (C=O) groups excluding carboxylic acids is 1. The predicted octanol–water partition coefficient (Wildman–Crippen LogP) is 2.98. The number of carbonyl (C=O) groups is 1. The summed E-state index contributed by atoms with van der Waals surface area (Å²) in [6.45, 7) is 4.18. The Bertz CT molecular complexity index is 1030. The van der Waals surface area contributed by atoms with E-state index in [0.717, 1.165) is 5.56 Å². The van der Waals surface area contributed by atoms with Gasteiger partial charge in [-0.2, -0.15) is 0 Å². The zero-order valence-electron chi connectivity index (χ0n) is 14.5. The Morgan fingerprint density at radius 1 is 1.22 bits per heavy atom. The number of para-hydroxylation sites is 1. The van der Waals surface area contributed by atoms with Gasteiger partial charge in [0, 0.05) is 6.54 Å². The van der Waals surface area contributed by atoms with Crippen molar-refractivity contribution in [3.63, 3.8) is 0 Å². The molecule has 3 rings (SSSR count). The van der Waals surface area contributed by atoms with Crippen molar-refractivity contribution < 1.29 is 9.18 Å². The van der Waals surface area contributed by atoms with E-state index in [-0.39, 0.29) is 29.6 Å². The van der Waals surface area contributed by atoms with Crippen molar-refractivity contribution in [3.8, 4) is 0 Å². The zero-order valence-corrected chi connectivity index (χ0v) is 15.3. The van der Waals surface area contributed by atoms with Crippen LogP contribution in [0.4, 0.5) is 4.39 Å². The Morgan fingerprint density at radius 3 is 2.70 bits per heavy atom. The first kappa shape index (κ1) is 18.8. The van der Waals surface area contributed by atoms with Crippen LogP contribution in [0.1, 0.15) is 5.56 Å². The number of rotatable bonds is 7. The number of fused-ring (bicyclic) bond motifs is 1. The number of hydrogen-bond acceptors (Lipinski definition) is 4. The molecule has 0 aliphatic rings. The largest absolute Gasteiger partial charge is 0.352 e. The van der Waals surface area contributed by atoms with Gasteiger partial charge in [-0.3, -0.25) is 14.2 Å². The number of nitrogens with zero attached hydrogens (tertiary/aromatic N) is 2. The van der Waals surface area contributed by atoms with Crippen LogP contribution in [-0.4, -0.2) is 27.8 Å². The van der Waals surface area contributed by atoms with Gasteiger partial charge in [0.15, 0.2) is 5.16 Å². The maximum Gasteiger partial charge on any atom is 0.262 e. The van der Waals surface area contributed by atoms with Gasteiger partial charge in [-0.05, 0) is 29.8 Å². The van der Waals surface area contributed by atoms with Crippen LogP contribution >= 0.6 is 11.8 Å². The Labute approximate surface area is 159 Å². The summed E-state index contributed by atoms with van der Waals surface area (Å²) in [7, 11) is 0. The molecule has 7 heteroatoms. The molecule has 1 amide bonds. The van der Waals surface area contributed by atoms with Crippen molar-refractivity contribution in [1.29, 1.82) is 0 Å². The minimum Gasteiger partial charge on any atom is -0.352 e. The second-order valence-electron chi connectivity index (χ2n) is 5.81. The summed E-state index contributed by atoms with van der Waals surface area (Å²) in [5.74, 6) is -0.381.